The highest BCUT2D eigenvalue weighted by Crippen LogP contribution is 2.16. The fraction of sp³-hybridized carbons (Fsp3) is 0.0714. The van der Waals surface area contributed by atoms with Crippen LogP contribution >= 0.6 is 0 Å². The molecule has 19 heavy (non-hydrogen) atoms. The van der Waals surface area contributed by atoms with Crippen LogP contribution < -0.4 is 5.32 Å². The van der Waals surface area contributed by atoms with Crippen LogP contribution in [-0.2, 0) is 0 Å². The van der Waals surface area contributed by atoms with Gasteiger partial charge in [0, 0.05) is 11.8 Å². The highest BCUT2D eigenvalue weighted by Gasteiger charge is 2.14. The molecule has 0 radical (unpaired) electrons. The number of amides is 1. The average molecular weight is 265 g/mol. The van der Waals surface area contributed by atoms with E-state index in [9.17, 15) is 18.0 Å². The monoisotopic (exact) mass is 265 g/mol. The summed E-state index contributed by atoms with van der Waals surface area (Å²) in [5.41, 5.74) is 0.238. The zero-order chi connectivity index (χ0) is 14.0. The molecule has 0 aromatic heterocycles. The number of benzene rings is 2. The molecule has 0 fully saturated rings. The molecule has 2 rings (SSSR count). The van der Waals surface area contributed by atoms with Gasteiger partial charge in [0.2, 0.25) is 0 Å². The highest BCUT2D eigenvalue weighted by atomic mass is 19.1. The summed E-state index contributed by atoms with van der Waals surface area (Å²) in [6.07, 6.45) is 0. The standard InChI is InChI=1S/C14H10F3NO/c1-8-6-11(13(17)7-12(8)16)14(19)18-10-4-2-9(15)3-5-10/h2-7H,1H3,(H,18,19). The molecule has 2 aromatic rings. The number of carbonyl (C=O) groups excluding carboxylic acids is 1. The summed E-state index contributed by atoms with van der Waals surface area (Å²) in [5.74, 6) is -2.81. The number of hydrogen-bond acceptors (Lipinski definition) is 1. The Bertz CT molecular complexity index is 623. The Labute approximate surface area is 107 Å². The fourth-order valence-corrected chi connectivity index (χ4v) is 1.56. The number of hydrogen-bond donors (Lipinski definition) is 1. The Kier molecular flexibility index (Phi) is 3.55. The van der Waals surface area contributed by atoms with Gasteiger partial charge in [0.05, 0.1) is 5.56 Å². The van der Waals surface area contributed by atoms with Gasteiger partial charge in [-0.1, -0.05) is 0 Å². The minimum Gasteiger partial charge on any atom is -0.322 e. The predicted molar refractivity (Wildman–Crippen MR) is 65.4 cm³/mol. The quantitative estimate of drug-likeness (QED) is 0.882. The molecule has 0 atom stereocenters. The first-order valence-corrected chi connectivity index (χ1v) is 5.50. The van der Waals surface area contributed by atoms with Crippen molar-refractivity contribution in [3.05, 3.63) is 65.0 Å². The van der Waals surface area contributed by atoms with Crippen molar-refractivity contribution in [2.45, 2.75) is 6.92 Å². The van der Waals surface area contributed by atoms with E-state index in [1.807, 2.05) is 0 Å². The van der Waals surface area contributed by atoms with Crippen LogP contribution in [0, 0.1) is 24.4 Å². The number of halogens is 3. The minimum absolute atomic E-state index is 0.172. The molecule has 2 aromatic carbocycles. The fourth-order valence-electron chi connectivity index (χ4n) is 1.56. The Balaban J connectivity index is 2.25. The number of nitrogens with one attached hydrogen (secondary N) is 1. The first-order valence-electron chi connectivity index (χ1n) is 5.50. The third-order valence-corrected chi connectivity index (χ3v) is 2.60. The largest absolute Gasteiger partial charge is 0.322 e. The third-order valence-electron chi connectivity index (χ3n) is 2.60. The Hall–Kier alpha value is -2.30. The molecule has 0 saturated carbocycles. The maximum atomic E-state index is 13.5. The van der Waals surface area contributed by atoms with Crippen LogP contribution in [-0.4, -0.2) is 5.91 Å². The van der Waals surface area contributed by atoms with Crippen molar-refractivity contribution in [2.75, 3.05) is 5.32 Å². The van der Waals surface area contributed by atoms with Crippen LogP contribution in [0.25, 0.3) is 0 Å². The van der Waals surface area contributed by atoms with Crippen molar-refractivity contribution in [3.8, 4) is 0 Å². The van der Waals surface area contributed by atoms with Gasteiger partial charge >= 0.3 is 0 Å². The number of anilines is 1. The summed E-state index contributed by atoms with van der Waals surface area (Å²) in [6.45, 7) is 1.43. The molecule has 0 aliphatic rings. The molecule has 1 amide bonds. The zero-order valence-corrected chi connectivity index (χ0v) is 10.0. The van der Waals surface area contributed by atoms with E-state index in [4.69, 9.17) is 0 Å². The van der Waals surface area contributed by atoms with E-state index < -0.39 is 23.4 Å². The number of rotatable bonds is 2. The first-order chi connectivity index (χ1) is 8.97. The van der Waals surface area contributed by atoms with Gasteiger partial charge in [0.25, 0.3) is 5.91 Å². The molecule has 98 valence electrons. The minimum atomic E-state index is -0.942. The van der Waals surface area contributed by atoms with Crippen LogP contribution in [0.15, 0.2) is 36.4 Å². The smallest absolute Gasteiger partial charge is 0.258 e. The molecular formula is C14H10F3NO. The summed E-state index contributed by atoms with van der Waals surface area (Å²) in [6, 6.07) is 6.82. The second kappa shape index (κ2) is 5.14. The lowest BCUT2D eigenvalue weighted by Gasteiger charge is -2.07. The van der Waals surface area contributed by atoms with Crippen LogP contribution in [0.1, 0.15) is 15.9 Å². The van der Waals surface area contributed by atoms with Gasteiger partial charge < -0.3 is 5.32 Å². The Morgan fingerprint density at radius 3 is 2.26 bits per heavy atom. The van der Waals surface area contributed by atoms with Crippen molar-refractivity contribution >= 4 is 11.6 Å². The van der Waals surface area contributed by atoms with Crippen molar-refractivity contribution < 1.29 is 18.0 Å². The molecule has 2 nitrogen and oxygen atoms in total. The molecule has 0 heterocycles. The Morgan fingerprint density at radius 2 is 1.63 bits per heavy atom. The van der Waals surface area contributed by atoms with Crippen molar-refractivity contribution in [1.82, 2.24) is 0 Å². The van der Waals surface area contributed by atoms with Gasteiger partial charge in [-0.2, -0.15) is 0 Å². The molecule has 0 spiro atoms. The third kappa shape index (κ3) is 2.93. The van der Waals surface area contributed by atoms with E-state index in [2.05, 4.69) is 5.32 Å². The lowest BCUT2D eigenvalue weighted by Crippen LogP contribution is -2.14. The maximum absolute atomic E-state index is 13.5. The van der Waals surface area contributed by atoms with E-state index >= 15 is 0 Å². The van der Waals surface area contributed by atoms with Crippen LogP contribution in [0.2, 0.25) is 0 Å². The normalized spacial score (nSPS) is 10.3. The van der Waals surface area contributed by atoms with Gasteiger partial charge in [0.1, 0.15) is 17.5 Å². The average Bonchev–Trinajstić information content (AvgIpc) is 2.36. The van der Waals surface area contributed by atoms with Crippen molar-refractivity contribution in [1.29, 1.82) is 0 Å². The van der Waals surface area contributed by atoms with Gasteiger partial charge in [-0.05, 0) is 42.8 Å². The molecule has 0 aliphatic carbocycles. The van der Waals surface area contributed by atoms with E-state index in [1.54, 1.807) is 0 Å². The second-order valence-electron chi connectivity index (χ2n) is 4.04. The summed E-state index contributed by atoms with van der Waals surface area (Å²) in [4.78, 5) is 11.8. The summed E-state index contributed by atoms with van der Waals surface area (Å²) in [5, 5.41) is 2.40. The number of carbonyl (C=O) groups is 1. The van der Waals surface area contributed by atoms with E-state index in [1.165, 1.54) is 31.2 Å². The van der Waals surface area contributed by atoms with Gasteiger partial charge in [-0.3, -0.25) is 4.79 Å². The predicted octanol–water partition coefficient (Wildman–Crippen LogP) is 3.66. The van der Waals surface area contributed by atoms with E-state index in [-0.39, 0.29) is 11.1 Å². The molecule has 0 aliphatic heterocycles. The summed E-state index contributed by atoms with van der Waals surface area (Å²) in [7, 11) is 0. The lowest BCUT2D eigenvalue weighted by atomic mass is 10.1. The van der Waals surface area contributed by atoms with Crippen LogP contribution in [0.4, 0.5) is 18.9 Å². The van der Waals surface area contributed by atoms with E-state index in [0.29, 0.717) is 11.8 Å². The molecule has 0 saturated heterocycles. The first kappa shape index (κ1) is 13.1. The molecule has 0 bridgehead atoms. The zero-order valence-electron chi connectivity index (χ0n) is 10.0. The van der Waals surface area contributed by atoms with E-state index in [0.717, 1.165) is 6.07 Å². The topological polar surface area (TPSA) is 29.1 Å². The maximum Gasteiger partial charge on any atom is 0.258 e. The molecular weight excluding hydrogens is 255 g/mol. The SMILES string of the molecule is Cc1cc(C(=O)Nc2ccc(F)cc2)c(F)cc1F. The molecule has 0 unspecified atom stereocenters. The van der Waals surface area contributed by atoms with Gasteiger partial charge in [-0.25, -0.2) is 13.2 Å². The molecule has 1 N–H and O–H groups in total. The highest BCUT2D eigenvalue weighted by molar-refractivity contribution is 6.04. The van der Waals surface area contributed by atoms with Gasteiger partial charge in [0.15, 0.2) is 0 Å². The second-order valence-corrected chi connectivity index (χ2v) is 4.04. The summed E-state index contributed by atoms with van der Waals surface area (Å²) < 4.78 is 39.3. The Morgan fingerprint density at radius 1 is 1.00 bits per heavy atom. The van der Waals surface area contributed by atoms with Crippen molar-refractivity contribution in [2.24, 2.45) is 0 Å². The van der Waals surface area contributed by atoms with Crippen LogP contribution in [0.3, 0.4) is 0 Å². The lowest BCUT2D eigenvalue weighted by molar-refractivity contribution is 0.102. The van der Waals surface area contributed by atoms with Crippen LogP contribution in [0.5, 0.6) is 0 Å². The summed E-state index contributed by atoms with van der Waals surface area (Å²) >= 11 is 0. The molecule has 5 heteroatoms. The van der Waals surface area contributed by atoms with Crippen molar-refractivity contribution in [3.63, 3.8) is 0 Å². The number of aryl methyl sites for hydroxylation is 1. The van der Waals surface area contributed by atoms with Gasteiger partial charge in [-0.15, -0.1) is 0 Å².